The lowest BCUT2D eigenvalue weighted by molar-refractivity contribution is -0.119. The van der Waals surface area contributed by atoms with Crippen molar-refractivity contribution in [3.63, 3.8) is 0 Å². The lowest BCUT2D eigenvalue weighted by Crippen LogP contribution is -2.25. The highest BCUT2D eigenvalue weighted by Gasteiger charge is 2.24. The number of hydrogen-bond acceptors (Lipinski definition) is 2. The SMILES string of the molecule is CC(=O)C1CCCCC1=Nc1ccccc1. The zero-order valence-corrected chi connectivity index (χ0v) is 9.65. The summed E-state index contributed by atoms with van der Waals surface area (Å²) in [6, 6.07) is 9.90. The van der Waals surface area contributed by atoms with Crippen molar-refractivity contribution in [1.29, 1.82) is 0 Å². The third kappa shape index (κ3) is 2.57. The van der Waals surface area contributed by atoms with Gasteiger partial charge in [0.25, 0.3) is 0 Å². The first kappa shape index (κ1) is 11.1. The number of carbonyl (C=O) groups excluding carboxylic acids is 1. The Morgan fingerprint density at radius 1 is 1.25 bits per heavy atom. The molecule has 1 saturated carbocycles. The summed E-state index contributed by atoms with van der Waals surface area (Å²) in [5.41, 5.74) is 2.04. The van der Waals surface area contributed by atoms with Gasteiger partial charge in [-0.2, -0.15) is 0 Å². The fourth-order valence-corrected chi connectivity index (χ4v) is 2.24. The molecule has 16 heavy (non-hydrogen) atoms. The van der Waals surface area contributed by atoms with E-state index in [2.05, 4.69) is 4.99 Å². The average molecular weight is 215 g/mol. The molecule has 1 aliphatic carbocycles. The molecule has 0 bridgehead atoms. The Bertz CT molecular complexity index is 394. The maximum atomic E-state index is 11.5. The molecule has 2 heteroatoms. The quantitative estimate of drug-likeness (QED) is 0.742. The topological polar surface area (TPSA) is 29.4 Å². The standard InChI is InChI=1S/C14H17NO/c1-11(16)13-9-5-6-10-14(13)15-12-7-3-2-4-8-12/h2-4,7-8,13H,5-6,9-10H2,1H3. The molecule has 1 unspecified atom stereocenters. The monoisotopic (exact) mass is 215 g/mol. The second-order valence-corrected chi connectivity index (χ2v) is 4.35. The molecule has 1 aromatic carbocycles. The summed E-state index contributed by atoms with van der Waals surface area (Å²) in [4.78, 5) is 16.1. The van der Waals surface area contributed by atoms with Crippen LogP contribution in [0, 0.1) is 5.92 Å². The number of aliphatic imine (C=N–C) groups is 1. The molecular formula is C14H17NO. The Balaban J connectivity index is 2.23. The minimum absolute atomic E-state index is 0.0638. The maximum absolute atomic E-state index is 11.5. The van der Waals surface area contributed by atoms with Crippen molar-refractivity contribution < 1.29 is 4.79 Å². The van der Waals surface area contributed by atoms with Gasteiger partial charge in [0, 0.05) is 5.71 Å². The smallest absolute Gasteiger partial charge is 0.138 e. The third-order valence-electron chi connectivity index (χ3n) is 3.10. The molecule has 0 heterocycles. The Hall–Kier alpha value is -1.44. The van der Waals surface area contributed by atoms with E-state index in [-0.39, 0.29) is 11.7 Å². The zero-order valence-electron chi connectivity index (χ0n) is 9.65. The van der Waals surface area contributed by atoms with E-state index < -0.39 is 0 Å². The van der Waals surface area contributed by atoms with Crippen LogP contribution in [0.3, 0.4) is 0 Å². The fraction of sp³-hybridized carbons (Fsp3) is 0.429. The van der Waals surface area contributed by atoms with Gasteiger partial charge in [0.05, 0.1) is 11.6 Å². The summed E-state index contributed by atoms with van der Waals surface area (Å²) >= 11 is 0. The summed E-state index contributed by atoms with van der Waals surface area (Å²) in [6.45, 7) is 1.68. The molecule has 1 aliphatic rings. The lowest BCUT2D eigenvalue weighted by atomic mass is 9.84. The van der Waals surface area contributed by atoms with E-state index >= 15 is 0 Å². The molecule has 0 amide bonds. The zero-order chi connectivity index (χ0) is 11.4. The lowest BCUT2D eigenvalue weighted by Gasteiger charge is -2.21. The van der Waals surface area contributed by atoms with Crippen molar-refractivity contribution in [2.24, 2.45) is 10.9 Å². The molecule has 0 saturated heterocycles. The van der Waals surface area contributed by atoms with Crippen LogP contribution in [0.2, 0.25) is 0 Å². The predicted octanol–water partition coefficient (Wildman–Crippen LogP) is 3.54. The first-order chi connectivity index (χ1) is 7.77. The molecule has 0 radical (unpaired) electrons. The van der Waals surface area contributed by atoms with Crippen molar-refractivity contribution in [3.05, 3.63) is 30.3 Å². The van der Waals surface area contributed by atoms with Crippen molar-refractivity contribution >= 4 is 17.2 Å². The predicted molar refractivity (Wildman–Crippen MR) is 66.2 cm³/mol. The number of rotatable bonds is 2. The highest BCUT2D eigenvalue weighted by Crippen LogP contribution is 2.25. The van der Waals surface area contributed by atoms with Gasteiger partial charge in [0.1, 0.15) is 5.78 Å². The molecule has 2 rings (SSSR count). The Morgan fingerprint density at radius 2 is 2.00 bits per heavy atom. The first-order valence-electron chi connectivity index (χ1n) is 5.90. The first-order valence-corrected chi connectivity index (χ1v) is 5.90. The van der Waals surface area contributed by atoms with Crippen molar-refractivity contribution in [2.75, 3.05) is 0 Å². The normalized spacial score (nSPS) is 23.3. The van der Waals surface area contributed by atoms with Crippen molar-refractivity contribution in [1.82, 2.24) is 0 Å². The van der Waals surface area contributed by atoms with Gasteiger partial charge in [-0.3, -0.25) is 9.79 Å². The molecule has 1 fully saturated rings. The molecule has 84 valence electrons. The van der Waals surface area contributed by atoms with E-state index in [0.717, 1.165) is 37.1 Å². The van der Waals surface area contributed by atoms with Gasteiger partial charge in [0.2, 0.25) is 0 Å². The van der Waals surface area contributed by atoms with E-state index in [4.69, 9.17) is 0 Å². The van der Waals surface area contributed by atoms with Gasteiger partial charge in [-0.25, -0.2) is 0 Å². The highest BCUT2D eigenvalue weighted by molar-refractivity contribution is 6.05. The molecule has 0 N–H and O–H groups in total. The van der Waals surface area contributed by atoms with E-state index in [1.54, 1.807) is 6.92 Å². The number of benzene rings is 1. The average Bonchev–Trinajstić information content (AvgIpc) is 2.31. The minimum Gasteiger partial charge on any atom is -0.299 e. The highest BCUT2D eigenvalue weighted by atomic mass is 16.1. The second-order valence-electron chi connectivity index (χ2n) is 4.35. The molecule has 2 nitrogen and oxygen atoms in total. The number of nitrogens with zero attached hydrogens (tertiary/aromatic N) is 1. The number of hydrogen-bond donors (Lipinski definition) is 0. The van der Waals surface area contributed by atoms with Gasteiger partial charge < -0.3 is 0 Å². The van der Waals surface area contributed by atoms with Crippen LogP contribution < -0.4 is 0 Å². The summed E-state index contributed by atoms with van der Waals surface area (Å²) in [6.07, 6.45) is 4.26. The number of Topliss-reactive ketones (excluding diaryl/α,β-unsaturated/α-hetero) is 1. The molecule has 0 aliphatic heterocycles. The molecule has 0 aromatic heterocycles. The van der Waals surface area contributed by atoms with E-state index in [0.29, 0.717) is 0 Å². The summed E-state index contributed by atoms with van der Waals surface area (Å²) < 4.78 is 0. The maximum Gasteiger partial charge on any atom is 0.138 e. The summed E-state index contributed by atoms with van der Waals surface area (Å²) in [5.74, 6) is 0.323. The minimum atomic E-state index is 0.0638. The van der Waals surface area contributed by atoms with Crippen LogP contribution in [0.5, 0.6) is 0 Å². The molecule has 1 atom stereocenters. The van der Waals surface area contributed by atoms with E-state index in [1.807, 2.05) is 30.3 Å². The Kier molecular flexibility index (Phi) is 3.50. The Morgan fingerprint density at radius 3 is 2.69 bits per heavy atom. The van der Waals surface area contributed by atoms with Gasteiger partial charge in [-0.1, -0.05) is 24.6 Å². The van der Waals surface area contributed by atoms with Crippen LogP contribution in [0.1, 0.15) is 32.6 Å². The second kappa shape index (κ2) is 5.06. The van der Waals surface area contributed by atoms with Crippen LogP contribution >= 0.6 is 0 Å². The van der Waals surface area contributed by atoms with Crippen LogP contribution in [-0.2, 0) is 4.79 Å². The fourth-order valence-electron chi connectivity index (χ4n) is 2.24. The van der Waals surface area contributed by atoms with E-state index in [9.17, 15) is 4.79 Å². The molecule has 1 aromatic rings. The van der Waals surface area contributed by atoms with Crippen LogP contribution in [0.15, 0.2) is 35.3 Å². The number of para-hydroxylation sites is 1. The van der Waals surface area contributed by atoms with Crippen LogP contribution in [-0.4, -0.2) is 11.5 Å². The Labute approximate surface area is 96.4 Å². The largest absolute Gasteiger partial charge is 0.299 e. The van der Waals surface area contributed by atoms with Crippen molar-refractivity contribution in [2.45, 2.75) is 32.6 Å². The molecular weight excluding hydrogens is 198 g/mol. The number of carbonyl (C=O) groups is 1. The summed E-state index contributed by atoms with van der Waals surface area (Å²) in [5, 5.41) is 0. The van der Waals surface area contributed by atoms with Crippen molar-refractivity contribution in [3.8, 4) is 0 Å². The van der Waals surface area contributed by atoms with Gasteiger partial charge in [-0.05, 0) is 38.3 Å². The van der Waals surface area contributed by atoms with Gasteiger partial charge >= 0.3 is 0 Å². The third-order valence-corrected chi connectivity index (χ3v) is 3.10. The van der Waals surface area contributed by atoms with Crippen LogP contribution in [0.4, 0.5) is 5.69 Å². The number of ketones is 1. The molecule has 0 spiro atoms. The van der Waals surface area contributed by atoms with Gasteiger partial charge in [-0.15, -0.1) is 0 Å². The summed E-state index contributed by atoms with van der Waals surface area (Å²) in [7, 11) is 0. The van der Waals surface area contributed by atoms with Gasteiger partial charge in [0.15, 0.2) is 0 Å². The van der Waals surface area contributed by atoms with E-state index in [1.165, 1.54) is 0 Å². The van der Waals surface area contributed by atoms with Crippen LogP contribution in [0.25, 0.3) is 0 Å².